The van der Waals surface area contributed by atoms with Gasteiger partial charge in [-0.1, -0.05) is 15.9 Å². The molecule has 0 saturated carbocycles. The highest BCUT2D eigenvalue weighted by molar-refractivity contribution is 9.11. The van der Waals surface area contributed by atoms with E-state index >= 15 is 0 Å². The molecule has 0 fully saturated rings. The van der Waals surface area contributed by atoms with Gasteiger partial charge in [-0.05, 0) is 41.1 Å². The fraction of sp³-hybridized carbons (Fsp3) is 0.0909. The minimum atomic E-state index is -1.01. The molecule has 0 spiro atoms. The van der Waals surface area contributed by atoms with Crippen LogP contribution in [0.5, 0.6) is 0 Å². The van der Waals surface area contributed by atoms with Crippen LogP contribution in [0.4, 0.5) is 10.8 Å². The Bertz CT molecular complexity index is 613. The Hall–Kier alpha value is -0.920. The topological polar surface area (TPSA) is 62.2 Å². The molecule has 18 heavy (non-hydrogen) atoms. The van der Waals surface area contributed by atoms with E-state index in [-0.39, 0.29) is 5.69 Å². The van der Waals surface area contributed by atoms with Crippen molar-refractivity contribution in [1.29, 1.82) is 0 Å². The van der Waals surface area contributed by atoms with Gasteiger partial charge in [-0.15, -0.1) is 11.3 Å². The van der Waals surface area contributed by atoms with Gasteiger partial charge in [0.25, 0.3) is 0 Å². The standard InChI is InChI=1S/C11H8Br2N2O2S/c1-5-9(10(16)17)15-11(18-5)14-8-3-2-6(12)4-7(8)13/h2-4H,1H3,(H,14,15)(H,16,17). The molecule has 2 rings (SSSR count). The molecule has 2 aromatic rings. The summed E-state index contributed by atoms with van der Waals surface area (Å²) in [5.41, 5.74) is 0.930. The van der Waals surface area contributed by atoms with E-state index in [4.69, 9.17) is 5.11 Å². The molecule has 1 aromatic carbocycles. The number of nitrogens with one attached hydrogen (secondary N) is 1. The summed E-state index contributed by atoms with van der Waals surface area (Å²) in [6.45, 7) is 1.74. The van der Waals surface area contributed by atoms with Crippen LogP contribution in [0.1, 0.15) is 15.4 Å². The largest absolute Gasteiger partial charge is 0.476 e. The van der Waals surface area contributed by atoms with Crippen LogP contribution in [0.15, 0.2) is 27.1 Å². The van der Waals surface area contributed by atoms with Gasteiger partial charge < -0.3 is 10.4 Å². The molecule has 2 N–H and O–H groups in total. The third-order valence-corrected chi connectivity index (χ3v) is 4.21. The third kappa shape index (κ3) is 2.90. The molecule has 1 heterocycles. The van der Waals surface area contributed by atoms with E-state index in [2.05, 4.69) is 42.2 Å². The number of benzene rings is 1. The number of carbonyl (C=O) groups is 1. The number of hydrogen-bond donors (Lipinski definition) is 2. The van der Waals surface area contributed by atoms with Crippen LogP contribution >= 0.6 is 43.2 Å². The van der Waals surface area contributed by atoms with Gasteiger partial charge in [-0.3, -0.25) is 0 Å². The molecular weight excluding hydrogens is 384 g/mol. The van der Waals surface area contributed by atoms with Crippen LogP contribution in [0.3, 0.4) is 0 Å². The number of carboxylic acid groups (broad SMARTS) is 1. The molecule has 0 amide bonds. The maximum Gasteiger partial charge on any atom is 0.355 e. The number of carboxylic acids is 1. The van der Waals surface area contributed by atoms with E-state index in [9.17, 15) is 4.79 Å². The molecule has 7 heteroatoms. The molecule has 0 saturated heterocycles. The molecule has 1 aromatic heterocycles. The summed E-state index contributed by atoms with van der Waals surface area (Å²) in [5, 5.41) is 12.6. The zero-order valence-electron chi connectivity index (χ0n) is 9.20. The average Bonchev–Trinajstić information content (AvgIpc) is 2.64. The normalized spacial score (nSPS) is 10.4. The highest BCUT2D eigenvalue weighted by Crippen LogP contribution is 2.31. The Labute approximate surface area is 124 Å². The predicted octanol–water partition coefficient (Wildman–Crippen LogP) is 4.42. The monoisotopic (exact) mass is 390 g/mol. The maximum absolute atomic E-state index is 10.9. The fourth-order valence-electron chi connectivity index (χ4n) is 1.35. The van der Waals surface area contributed by atoms with Crippen LogP contribution < -0.4 is 5.32 Å². The average molecular weight is 392 g/mol. The first-order valence-electron chi connectivity index (χ1n) is 4.90. The van der Waals surface area contributed by atoms with E-state index in [1.165, 1.54) is 11.3 Å². The fourth-order valence-corrected chi connectivity index (χ4v) is 3.32. The van der Waals surface area contributed by atoms with Gasteiger partial charge in [-0.2, -0.15) is 0 Å². The summed E-state index contributed by atoms with van der Waals surface area (Å²) in [5.74, 6) is -1.01. The number of aromatic carboxylic acids is 1. The summed E-state index contributed by atoms with van der Waals surface area (Å²) < 4.78 is 1.84. The Balaban J connectivity index is 2.29. The maximum atomic E-state index is 10.9. The Morgan fingerprint density at radius 1 is 1.44 bits per heavy atom. The molecule has 0 aliphatic rings. The lowest BCUT2D eigenvalue weighted by Crippen LogP contribution is -1.99. The number of rotatable bonds is 3. The number of nitrogens with zero attached hydrogens (tertiary/aromatic N) is 1. The number of aryl methyl sites for hydroxylation is 1. The van der Waals surface area contributed by atoms with Crippen molar-refractivity contribution in [3.05, 3.63) is 37.7 Å². The number of aromatic nitrogens is 1. The van der Waals surface area contributed by atoms with Crippen LogP contribution in [0.2, 0.25) is 0 Å². The second kappa shape index (κ2) is 5.38. The van der Waals surface area contributed by atoms with Gasteiger partial charge in [0, 0.05) is 13.8 Å². The second-order valence-corrected chi connectivity index (χ2v) is 6.45. The highest BCUT2D eigenvalue weighted by Gasteiger charge is 2.14. The summed E-state index contributed by atoms with van der Waals surface area (Å²) in [6, 6.07) is 5.68. The molecule has 4 nitrogen and oxygen atoms in total. The molecule has 0 atom stereocenters. The van der Waals surface area contributed by atoms with Crippen molar-refractivity contribution >= 4 is 60.0 Å². The van der Waals surface area contributed by atoms with E-state index in [0.717, 1.165) is 14.6 Å². The van der Waals surface area contributed by atoms with Crippen molar-refractivity contribution in [2.45, 2.75) is 6.92 Å². The first-order valence-corrected chi connectivity index (χ1v) is 7.30. The molecule has 0 radical (unpaired) electrons. The van der Waals surface area contributed by atoms with Crippen molar-refractivity contribution in [2.75, 3.05) is 5.32 Å². The van der Waals surface area contributed by atoms with Crippen LogP contribution in [0, 0.1) is 6.92 Å². The molecule has 0 bridgehead atoms. The van der Waals surface area contributed by atoms with Crippen molar-refractivity contribution in [1.82, 2.24) is 4.98 Å². The number of thiazole rings is 1. The van der Waals surface area contributed by atoms with Crippen molar-refractivity contribution in [3.63, 3.8) is 0 Å². The number of halogens is 2. The van der Waals surface area contributed by atoms with E-state index in [1.54, 1.807) is 6.92 Å². The Morgan fingerprint density at radius 2 is 2.17 bits per heavy atom. The lowest BCUT2D eigenvalue weighted by atomic mass is 10.3. The van der Waals surface area contributed by atoms with Gasteiger partial charge in [-0.25, -0.2) is 9.78 Å². The van der Waals surface area contributed by atoms with Crippen LogP contribution in [-0.2, 0) is 0 Å². The minimum Gasteiger partial charge on any atom is -0.476 e. The Kier molecular flexibility index (Phi) is 4.04. The lowest BCUT2D eigenvalue weighted by molar-refractivity contribution is 0.0690. The van der Waals surface area contributed by atoms with Gasteiger partial charge in [0.1, 0.15) is 0 Å². The second-order valence-electron chi connectivity index (χ2n) is 3.48. The molecule has 0 aliphatic heterocycles. The zero-order valence-corrected chi connectivity index (χ0v) is 13.2. The smallest absolute Gasteiger partial charge is 0.355 e. The van der Waals surface area contributed by atoms with Gasteiger partial charge in [0.05, 0.1) is 5.69 Å². The van der Waals surface area contributed by atoms with Crippen molar-refractivity contribution < 1.29 is 9.90 Å². The first-order chi connectivity index (χ1) is 8.47. The summed E-state index contributed by atoms with van der Waals surface area (Å²) in [7, 11) is 0. The van der Waals surface area contributed by atoms with Crippen molar-refractivity contribution in [3.8, 4) is 0 Å². The first kappa shape index (κ1) is 13.5. The predicted molar refractivity (Wildman–Crippen MR) is 78.9 cm³/mol. The van der Waals surface area contributed by atoms with Crippen LogP contribution in [0.25, 0.3) is 0 Å². The zero-order chi connectivity index (χ0) is 13.3. The van der Waals surface area contributed by atoms with Gasteiger partial charge in [0.15, 0.2) is 10.8 Å². The van der Waals surface area contributed by atoms with E-state index in [1.807, 2.05) is 18.2 Å². The van der Waals surface area contributed by atoms with Crippen molar-refractivity contribution in [2.24, 2.45) is 0 Å². The van der Waals surface area contributed by atoms with Crippen LogP contribution in [-0.4, -0.2) is 16.1 Å². The van der Waals surface area contributed by atoms with Gasteiger partial charge >= 0.3 is 5.97 Å². The van der Waals surface area contributed by atoms with E-state index in [0.29, 0.717) is 10.0 Å². The number of anilines is 2. The quantitative estimate of drug-likeness (QED) is 0.812. The SMILES string of the molecule is Cc1sc(Nc2ccc(Br)cc2Br)nc1C(=O)O. The number of hydrogen-bond acceptors (Lipinski definition) is 4. The molecule has 94 valence electrons. The molecular formula is C11H8Br2N2O2S. The van der Waals surface area contributed by atoms with Gasteiger partial charge in [0.2, 0.25) is 0 Å². The summed E-state index contributed by atoms with van der Waals surface area (Å²) in [6.07, 6.45) is 0. The Morgan fingerprint density at radius 3 is 2.72 bits per heavy atom. The highest BCUT2D eigenvalue weighted by atomic mass is 79.9. The molecule has 0 unspecified atom stereocenters. The summed E-state index contributed by atoms with van der Waals surface area (Å²) >= 11 is 8.11. The molecule has 0 aliphatic carbocycles. The third-order valence-electron chi connectivity index (χ3n) is 2.17. The summed E-state index contributed by atoms with van der Waals surface area (Å²) in [4.78, 5) is 15.6. The lowest BCUT2D eigenvalue weighted by Gasteiger charge is -2.05. The van der Waals surface area contributed by atoms with E-state index < -0.39 is 5.97 Å². The minimum absolute atomic E-state index is 0.0933.